The third-order valence-electron chi connectivity index (χ3n) is 5.18. The molecular formula is C24H19F2N3O4. The summed E-state index contributed by atoms with van der Waals surface area (Å²) in [4.78, 5) is 38.7. The Balaban J connectivity index is 1.50. The Bertz CT molecular complexity index is 1240. The van der Waals surface area contributed by atoms with Crippen LogP contribution in [0.4, 0.5) is 19.3 Å². The molecule has 0 radical (unpaired) electrons. The highest BCUT2D eigenvalue weighted by Crippen LogP contribution is 2.32. The largest absolute Gasteiger partial charge is 0.455 e. The molecule has 0 spiro atoms. The van der Waals surface area contributed by atoms with Crippen molar-refractivity contribution in [2.75, 3.05) is 11.9 Å². The minimum absolute atomic E-state index is 0.328. The minimum Gasteiger partial charge on any atom is -0.455 e. The first-order valence-corrected chi connectivity index (χ1v) is 9.99. The van der Waals surface area contributed by atoms with E-state index < -0.39 is 41.6 Å². The summed E-state index contributed by atoms with van der Waals surface area (Å²) in [5, 5.41) is 4.97. The zero-order chi connectivity index (χ0) is 23.6. The number of rotatable bonds is 6. The van der Waals surface area contributed by atoms with Crippen LogP contribution in [0.3, 0.4) is 0 Å². The summed E-state index contributed by atoms with van der Waals surface area (Å²) in [5.41, 5.74) is -1.85. The van der Waals surface area contributed by atoms with Crippen LogP contribution in [0.2, 0.25) is 0 Å². The van der Waals surface area contributed by atoms with Crippen molar-refractivity contribution in [3.8, 4) is 11.5 Å². The lowest BCUT2D eigenvalue weighted by Crippen LogP contribution is -2.42. The Labute approximate surface area is 188 Å². The minimum atomic E-state index is -1.85. The molecule has 4 rings (SSSR count). The molecule has 2 N–H and O–H groups in total. The zero-order valence-corrected chi connectivity index (χ0v) is 17.5. The Kier molecular flexibility index (Phi) is 5.78. The lowest BCUT2D eigenvalue weighted by Gasteiger charge is -2.22. The van der Waals surface area contributed by atoms with Crippen LogP contribution in [0.1, 0.15) is 12.5 Å². The Morgan fingerprint density at radius 2 is 1.73 bits per heavy atom. The molecule has 0 saturated carbocycles. The van der Waals surface area contributed by atoms with Gasteiger partial charge in [0.25, 0.3) is 5.91 Å². The number of imide groups is 1. The molecule has 1 fully saturated rings. The van der Waals surface area contributed by atoms with Gasteiger partial charge in [-0.25, -0.2) is 13.6 Å². The lowest BCUT2D eigenvalue weighted by molar-refractivity contribution is -0.133. The van der Waals surface area contributed by atoms with Gasteiger partial charge in [0, 0.05) is 5.56 Å². The van der Waals surface area contributed by atoms with Crippen molar-refractivity contribution in [1.29, 1.82) is 0 Å². The molecule has 7 nitrogen and oxygen atoms in total. The summed E-state index contributed by atoms with van der Waals surface area (Å²) < 4.78 is 33.7. The number of carbonyl (C=O) groups is 3. The Hall–Kier alpha value is -4.27. The highest BCUT2D eigenvalue weighted by atomic mass is 19.1. The van der Waals surface area contributed by atoms with Crippen LogP contribution >= 0.6 is 0 Å². The summed E-state index contributed by atoms with van der Waals surface area (Å²) in [6.45, 7) is 0.628. The van der Waals surface area contributed by atoms with Crippen molar-refractivity contribution in [1.82, 2.24) is 10.2 Å². The van der Waals surface area contributed by atoms with Crippen molar-refractivity contribution in [3.05, 3.63) is 90.0 Å². The molecule has 3 aromatic carbocycles. The lowest BCUT2D eigenvalue weighted by atomic mass is 9.91. The van der Waals surface area contributed by atoms with Crippen molar-refractivity contribution in [3.63, 3.8) is 0 Å². The third-order valence-corrected chi connectivity index (χ3v) is 5.18. The van der Waals surface area contributed by atoms with Gasteiger partial charge in [-0.15, -0.1) is 0 Å². The van der Waals surface area contributed by atoms with Gasteiger partial charge in [0.2, 0.25) is 5.91 Å². The summed E-state index contributed by atoms with van der Waals surface area (Å²) in [5.74, 6) is -2.25. The fraction of sp³-hybridized carbons (Fsp3) is 0.125. The quantitative estimate of drug-likeness (QED) is 0.551. The number of nitrogens with zero attached hydrogens (tertiary/aromatic N) is 1. The van der Waals surface area contributed by atoms with E-state index in [4.69, 9.17) is 4.74 Å². The fourth-order valence-corrected chi connectivity index (χ4v) is 3.51. The predicted molar refractivity (Wildman–Crippen MR) is 116 cm³/mol. The number of anilines is 1. The molecule has 1 atom stereocenters. The van der Waals surface area contributed by atoms with Crippen molar-refractivity contribution in [2.45, 2.75) is 12.5 Å². The summed E-state index contributed by atoms with van der Waals surface area (Å²) in [6.07, 6.45) is 0. The van der Waals surface area contributed by atoms with Crippen LogP contribution in [-0.2, 0) is 15.1 Å². The second-order valence-electron chi connectivity index (χ2n) is 7.53. The number of ether oxygens (including phenoxy) is 1. The van der Waals surface area contributed by atoms with Gasteiger partial charge in [0.05, 0.1) is 5.69 Å². The molecule has 4 amide bonds. The number of hydrogen-bond donors (Lipinski definition) is 2. The number of benzene rings is 3. The van der Waals surface area contributed by atoms with E-state index in [-0.39, 0.29) is 5.56 Å². The summed E-state index contributed by atoms with van der Waals surface area (Å²) in [6, 6.07) is 17.3. The van der Waals surface area contributed by atoms with Crippen molar-refractivity contribution >= 4 is 23.5 Å². The second kappa shape index (κ2) is 8.70. The maximum atomic E-state index is 14.3. The first-order chi connectivity index (χ1) is 15.8. The Morgan fingerprint density at radius 3 is 2.48 bits per heavy atom. The molecule has 0 aliphatic carbocycles. The number of amides is 4. The first-order valence-electron chi connectivity index (χ1n) is 9.99. The first kappa shape index (κ1) is 21.9. The number of para-hydroxylation sites is 3. The van der Waals surface area contributed by atoms with Gasteiger partial charge in [0.15, 0.2) is 5.75 Å². The highest BCUT2D eigenvalue weighted by Gasteiger charge is 2.50. The van der Waals surface area contributed by atoms with Gasteiger partial charge < -0.3 is 15.4 Å². The molecule has 3 aromatic rings. The van der Waals surface area contributed by atoms with Crippen molar-refractivity contribution in [2.24, 2.45) is 0 Å². The molecular weight excluding hydrogens is 432 g/mol. The molecule has 168 valence electrons. The number of carbonyl (C=O) groups excluding carboxylic acids is 3. The number of nitrogens with one attached hydrogen (secondary N) is 2. The maximum absolute atomic E-state index is 14.3. The van der Waals surface area contributed by atoms with E-state index in [1.807, 2.05) is 6.07 Å². The topological polar surface area (TPSA) is 87.7 Å². The van der Waals surface area contributed by atoms with Gasteiger partial charge in [-0.2, -0.15) is 0 Å². The zero-order valence-electron chi connectivity index (χ0n) is 17.5. The molecule has 1 aliphatic rings. The van der Waals surface area contributed by atoms with E-state index in [1.165, 1.54) is 6.92 Å². The molecule has 1 unspecified atom stereocenters. The van der Waals surface area contributed by atoms with Gasteiger partial charge in [-0.3, -0.25) is 14.5 Å². The van der Waals surface area contributed by atoms with E-state index >= 15 is 0 Å². The Morgan fingerprint density at radius 1 is 1.03 bits per heavy atom. The summed E-state index contributed by atoms with van der Waals surface area (Å²) >= 11 is 0. The average molecular weight is 451 g/mol. The van der Waals surface area contributed by atoms with E-state index in [1.54, 1.807) is 48.5 Å². The third kappa shape index (κ3) is 4.38. The SMILES string of the molecule is CC1(c2cc(F)ccc2F)NC(=O)N(CC(=O)Nc2ccccc2Oc2ccccc2)C1=O. The second-order valence-corrected chi connectivity index (χ2v) is 7.53. The predicted octanol–water partition coefficient (Wildman–Crippen LogP) is 4.16. The number of hydrogen-bond acceptors (Lipinski definition) is 4. The average Bonchev–Trinajstić information content (AvgIpc) is 3.01. The van der Waals surface area contributed by atoms with Crippen LogP contribution < -0.4 is 15.4 Å². The molecule has 0 bridgehead atoms. The summed E-state index contributed by atoms with van der Waals surface area (Å²) in [7, 11) is 0. The molecule has 1 aliphatic heterocycles. The van der Waals surface area contributed by atoms with Gasteiger partial charge >= 0.3 is 6.03 Å². The van der Waals surface area contributed by atoms with Gasteiger partial charge in [-0.05, 0) is 49.4 Å². The molecule has 9 heteroatoms. The van der Waals surface area contributed by atoms with Crippen LogP contribution in [0.25, 0.3) is 0 Å². The molecule has 1 heterocycles. The van der Waals surface area contributed by atoms with Crippen LogP contribution in [-0.4, -0.2) is 29.3 Å². The molecule has 0 aromatic heterocycles. The van der Waals surface area contributed by atoms with E-state index in [9.17, 15) is 23.2 Å². The normalized spacial score (nSPS) is 17.6. The van der Waals surface area contributed by atoms with Crippen LogP contribution in [0.15, 0.2) is 72.8 Å². The van der Waals surface area contributed by atoms with Gasteiger partial charge in [-0.1, -0.05) is 30.3 Å². The maximum Gasteiger partial charge on any atom is 0.325 e. The van der Waals surface area contributed by atoms with Crippen LogP contribution in [0, 0.1) is 11.6 Å². The van der Waals surface area contributed by atoms with E-state index in [0.29, 0.717) is 22.1 Å². The highest BCUT2D eigenvalue weighted by molar-refractivity contribution is 6.10. The van der Waals surface area contributed by atoms with E-state index in [0.717, 1.165) is 18.2 Å². The monoisotopic (exact) mass is 451 g/mol. The van der Waals surface area contributed by atoms with Crippen LogP contribution in [0.5, 0.6) is 11.5 Å². The van der Waals surface area contributed by atoms with Gasteiger partial charge in [0.1, 0.15) is 29.5 Å². The standard InChI is InChI=1S/C24H19F2N3O4/c1-24(17-13-15(25)11-12-18(17)26)22(31)29(23(32)28-24)14-21(30)27-19-9-5-6-10-20(19)33-16-7-3-2-4-8-16/h2-13H,14H2,1H3,(H,27,30)(H,28,32). The van der Waals surface area contributed by atoms with E-state index in [2.05, 4.69) is 10.6 Å². The molecule has 33 heavy (non-hydrogen) atoms. The smallest absolute Gasteiger partial charge is 0.325 e. The number of halogens is 2. The fourth-order valence-electron chi connectivity index (χ4n) is 3.51. The van der Waals surface area contributed by atoms with Crippen molar-refractivity contribution < 1.29 is 27.9 Å². The number of urea groups is 1. The molecule has 1 saturated heterocycles.